The van der Waals surface area contributed by atoms with Crippen LogP contribution in [0.3, 0.4) is 0 Å². The first-order valence-corrected chi connectivity index (χ1v) is 14.8. The number of aromatic nitrogens is 2. The lowest BCUT2D eigenvalue weighted by molar-refractivity contribution is 0.632. The Balaban J connectivity index is 1.36. The third-order valence-electron chi connectivity index (χ3n) is 8.79. The second-order valence-electron chi connectivity index (χ2n) is 11.7. The summed E-state index contributed by atoms with van der Waals surface area (Å²) >= 11 is 0. The highest BCUT2D eigenvalue weighted by Crippen LogP contribution is 2.52. The maximum atomic E-state index is 5.11. The van der Waals surface area contributed by atoms with Crippen LogP contribution in [0.15, 0.2) is 152 Å². The Hall–Kier alpha value is -5.41. The van der Waals surface area contributed by atoms with E-state index in [2.05, 4.69) is 175 Å². The SMILES string of the molecule is CC1(C)c2ccccc2N(c2ccccc2)c2ccc(-c3ccccc3-n3c(-c4ccccc4)nc4ccccc43)cc21. The molecule has 7 aromatic rings. The number of hydrogen-bond acceptors (Lipinski definition) is 2. The minimum absolute atomic E-state index is 0.181. The molecule has 0 fully saturated rings. The highest BCUT2D eigenvalue weighted by molar-refractivity contribution is 5.90. The molecule has 43 heavy (non-hydrogen) atoms. The molecule has 1 aliphatic heterocycles. The summed E-state index contributed by atoms with van der Waals surface area (Å²) < 4.78 is 2.32. The van der Waals surface area contributed by atoms with Gasteiger partial charge in [-0.05, 0) is 65.2 Å². The zero-order chi connectivity index (χ0) is 29.0. The van der Waals surface area contributed by atoms with Crippen molar-refractivity contribution >= 4 is 28.1 Å². The quantitative estimate of drug-likeness (QED) is 0.216. The predicted molar refractivity (Wildman–Crippen MR) is 179 cm³/mol. The second kappa shape index (κ2) is 9.85. The van der Waals surface area contributed by atoms with E-state index in [0.717, 1.165) is 33.8 Å². The Bertz CT molecular complexity index is 2110. The topological polar surface area (TPSA) is 21.1 Å². The molecule has 0 saturated carbocycles. The fraction of sp³-hybridized carbons (Fsp3) is 0.0750. The van der Waals surface area contributed by atoms with Gasteiger partial charge in [0.2, 0.25) is 0 Å². The van der Waals surface area contributed by atoms with Gasteiger partial charge in [0.15, 0.2) is 0 Å². The van der Waals surface area contributed by atoms with Gasteiger partial charge in [0.1, 0.15) is 5.82 Å². The third-order valence-corrected chi connectivity index (χ3v) is 8.79. The molecule has 0 spiro atoms. The minimum atomic E-state index is -0.181. The molecule has 1 aromatic heterocycles. The summed E-state index contributed by atoms with van der Waals surface area (Å²) in [4.78, 5) is 7.52. The molecule has 0 radical (unpaired) electrons. The van der Waals surface area contributed by atoms with Gasteiger partial charge in [-0.2, -0.15) is 0 Å². The van der Waals surface area contributed by atoms with Crippen LogP contribution in [0.25, 0.3) is 39.2 Å². The lowest BCUT2D eigenvalue weighted by Crippen LogP contribution is -2.30. The minimum Gasteiger partial charge on any atom is -0.310 e. The molecule has 3 heteroatoms. The first-order valence-electron chi connectivity index (χ1n) is 14.8. The van der Waals surface area contributed by atoms with Crippen molar-refractivity contribution in [3.63, 3.8) is 0 Å². The van der Waals surface area contributed by atoms with E-state index in [-0.39, 0.29) is 5.41 Å². The smallest absolute Gasteiger partial charge is 0.145 e. The molecule has 8 rings (SSSR count). The van der Waals surface area contributed by atoms with Crippen LogP contribution in [0.1, 0.15) is 25.0 Å². The van der Waals surface area contributed by atoms with Gasteiger partial charge >= 0.3 is 0 Å². The van der Waals surface area contributed by atoms with E-state index >= 15 is 0 Å². The number of benzene rings is 6. The van der Waals surface area contributed by atoms with Crippen LogP contribution in [-0.2, 0) is 5.41 Å². The molecule has 1 aliphatic rings. The average molecular weight is 554 g/mol. The Morgan fingerprint density at radius 3 is 1.95 bits per heavy atom. The maximum absolute atomic E-state index is 5.11. The standard InChI is InChI=1S/C40H31N3/c1-40(2)32-20-10-13-23-36(32)42(30-17-7-4-8-18-30)37-26-25-29(27-33(37)40)31-19-9-12-22-35(31)43-38-24-14-11-21-34(38)41-39(43)28-15-5-3-6-16-28/h3-27H,1-2H3. The largest absolute Gasteiger partial charge is 0.310 e. The Morgan fingerprint density at radius 2 is 1.14 bits per heavy atom. The van der Waals surface area contributed by atoms with Crippen LogP contribution in [-0.4, -0.2) is 9.55 Å². The summed E-state index contributed by atoms with van der Waals surface area (Å²) in [5, 5.41) is 0. The van der Waals surface area contributed by atoms with Crippen LogP contribution in [0, 0.1) is 0 Å². The van der Waals surface area contributed by atoms with Crippen molar-refractivity contribution in [3.05, 3.63) is 163 Å². The van der Waals surface area contributed by atoms with Crippen molar-refractivity contribution in [2.75, 3.05) is 4.90 Å². The molecular formula is C40H31N3. The number of fused-ring (bicyclic) bond motifs is 3. The third kappa shape index (κ3) is 4.00. The summed E-state index contributed by atoms with van der Waals surface area (Å²) in [6, 6.07) is 54.1. The van der Waals surface area contributed by atoms with E-state index in [1.54, 1.807) is 0 Å². The van der Waals surface area contributed by atoms with Crippen LogP contribution in [0.2, 0.25) is 0 Å². The predicted octanol–water partition coefficient (Wildman–Crippen LogP) is 10.5. The highest BCUT2D eigenvalue weighted by Gasteiger charge is 2.37. The first-order chi connectivity index (χ1) is 21.1. The van der Waals surface area contributed by atoms with Crippen LogP contribution < -0.4 is 4.90 Å². The van der Waals surface area contributed by atoms with Gasteiger partial charge in [0.25, 0.3) is 0 Å². The second-order valence-corrected chi connectivity index (χ2v) is 11.7. The lowest BCUT2D eigenvalue weighted by Gasteiger charge is -2.42. The van der Waals surface area contributed by atoms with E-state index in [1.807, 2.05) is 0 Å². The van der Waals surface area contributed by atoms with Gasteiger partial charge in [-0.3, -0.25) is 4.57 Å². The van der Waals surface area contributed by atoms with Crippen molar-refractivity contribution < 1.29 is 0 Å². The molecule has 6 aromatic carbocycles. The van der Waals surface area contributed by atoms with Gasteiger partial charge in [0, 0.05) is 22.2 Å². The summed E-state index contributed by atoms with van der Waals surface area (Å²) in [6.07, 6.45) is 0. The molecular weight excluding hydrogens is 522 g/mol. The zero-order valence-electron chi connectivity index (χ0n) is 24.3. The Labute approximate surface area is 252 Å². The van der Waals surface area contributed by atoms with Crippen molar-refractivity contribution in [2.24, 2.45) is 0 Å². The number of hydrogen-bond donors (Lipinski definition) is 0. The number of rotatable bonds is 4. The number of nitrogens with zero attached hydrogens (tertiary/aromatic N) is 3. The summed E-state index contributed by atoms with van der Waals surface area (Å²) in [5.41, 5.74) is 12.7. The van der Waals surface area contributed by atoms with E-state index in [0.29, 0.717) is 0 Å². The van der Waals surface area contributed by atoms with Crippen LogP contribution in [0.5, 0.6) is 0 Å². The first kappa shape index (κ1) is 25.3. The molecule has 206 valence electrons. The van der Waals surface area contributed by atoms with Crippen molar-refractivity contribution in [1.29, 1.82) is 0 Å². The molecule has 0 bridgehead atoms. The van der Waals surface area contributed by atoms with Gasteiger partial charge in [-0.1, -0.05) is 117 Å². The molecule has 0 N–H and O–H groups in total. The molecule has 0 amide bonds. The Kier molecular flexibility index (Phi) is 5.80. The molecule has 0 aliphatic carbocycles. The summed E-state index contributed by atoms with van der Waals surface area (Å²) in [5.74, 6) is 0.941. The van der Waals surface area contributed by atoms with Crippen LogP contribution >= 0.6 is 0 Å². The number of anilines is 3. The van der Waals surface area contributed by atoms with Gasteiger partial charge < -0.3 is 4.90 Å². The average Bonchev–Trinajstić information content (AvgIpc) is 3.45. The van der Waals surface area contributed by atoms with Crippen molar-refractivity contribution in [3.8, 4) is 28.2 Å². The van der Waals surface area contributed by atoms with Gasteiger partial charge in [-0.25, -0.2) is 4.98 Å². The summed E-state index contributed by atoms with van der Waals surface area (Å²) in [7, 11) is 0. The molecule has 2 heterocycles. The van der Waals surface area contributed by atoms with E-state index in [1.165, 1.54) is 33.6 Å². The molecule has 3 nitrogen and oxygen atoms in total. The van der Waals surface area contributed by atoms with Crippen molar-refractivity contribution in [1.82, 2.24) is 9.55 Å². The van der Waals surface area contributed by atoms with Gasteiger partial charge in [-0.15, -0.1) is 0 Å². The normalized spacial score (nSPS) is 13.5. The summed E-state index contributed by atoms with van der Waals surface area (Å²) in [6.45, 7) is 4.69. The zero-order valence-corrected chi connectivity index (χ0v) is 24.3. The fourth-order valence-electron chi connectivity index (χ4n) is 6.69. The highest BCUT2D eigenvalue weighted by atomic mass is 15.2. The van der Waals surface area contributed by atoms with Crippen LogP contribution in [0.4, 0.5) is 17.1 Å². The van der Waals surface area contributed by atoms with Gasteiger partial charge in [0.05, 0.1) is 28.1 Å². The monoisotopic (exact) mass is 553 g/mol. The van der Waals surface area contributed by atoms with E-state index < -0.39 is 0 Å². The Morgan fingerprint density at radius 1 is 0.512 bits per heavy atom. The molecule has 0 unspecified atom stereocenters. The molecule has 0 atom stereocenters. The van der Waals surface area contributed by atoms with E-state index in [4.69, 9.17) is 4.98 Å². The maximum Gasteiger partial charge on any atom is 0.145 e. The van der Waals surface area contributed by atoms with E-state index in [9.17, 15) is 0 Å². The fourth-order valence-corrected chi connectivity index (χ4v) is 6.69. The number of para-hydroxylation sites is 5. The van der Waals surface area contributed by atoms with Crippen molar-refractivity contribution in [2.45, 2.75) is 19.3 Å². The lowest BCUT2D eigenvalue weighted by atomic mass is 9.73. The number of imidazole rings is 1. The molecule has 0 saturated heterocycles.